The van der Waals surface area contributed by atoms with E-state index in [1.807, 2.05) is 20.8 Å². The molecule has 0 aliphatic heterocycles. The topological polar surface area (TPSA) is 132 Å². The molecular weight excluding hydrogens is 528 g/mol. The van der Waals surface area contributed by atoms with E-state index in [1.165, 1.54) is 19.1 Å². The van der Waals surface area contributed by atoms with Gasteiger partial charge in [-0.2, -0.15) is 0 Å². The summed E-state index contributed by atoms with van der Waals surface area (Å²) in [5.74, 6) is 0.991. The van der Waals surface area contributed by atoms with Crippen molar-refractivity contribution < 1.29 is 33.1 Å². The second-order valence-electron chi connectivity index (χ2n) is 10.1. The number of hydrogen-bond donors (Lipinski definition) is 2. The van der Waals surface area contributed by atoms with Crippen molar-refractivity contribution in [3.63, 3.8) is 0 Å². The second-order valence-corrected chi connectivity index (χ2v) is 10.1. The Bertz CT molecular complexity index is 1350. The van der Waals surface area contributed by atoms with E-state index in [4.69, 9.17) is 18.7 Å². The number of aromatic nitrogens is 1. The largest absolute Gasteiger partial charge is 0.497 e. The summed E-state index contributed by atoms with van der Waals surface area (Å²) in [6.07, 6.45) is 0.333. The number of anilines is 2. The number of carbonyl (C=O) groups is 3. The third kappa shape index (κ3) is 8.00. The molecular formula is C30H38N4O7. The molecule has 3 amide bonds. The zero-order valence-corrected chi connectivity index (χ0v) is 24.6. The maximum atomic E-state index is 14.0. The fourth-order valence-electron chi connectivity index (χ4n) is 4.08. The third-order valence-electron chi connectivity index (χ3n) is 6.66. The van der Waals surface area contributed by atoms with Crippen LogP contribution >= 0.6 is 0 Å². The summed E-state index contributed by atoms with van der Waals surface area (Å²) in [5.41, 5.74) is 0.412. The van der Waals surface area contributed by atoms with E-state index in [0.29, 0.717) is 40.7 Å². The SMILES string of the molecule is CCC(C)(C)NC(=O)[C@@H](c1ccc(OC)cc1)N(C(=O)CCC(=O)Nc1cc(C)on1)c1ccc(OC)c(OC)c1. The Balaban J connectivity index is 2.05. The van der Waals surface area contributed by atoms with E-state index in [9.17, 15) is 14.4 Å². The van der Waals surface area contributed by atoms with E-state index in [2.05, 4.69) is 15.8 Å². The van der Waals surface area contributed by atoms with Crippen molar-refractivity contribution >= 4 is 29.2 Å². The van der Waals surface area contributed by atoms with Gasteiger partial charge in [-0.05, 0) is 57.0 Å². The summed E-state index contributed by atoms with van der Waals surface area (Å²) in [6, 6.07) is 12.4. The molecule has 0 saturated carbocycles. The van der Waals surface area contributed by atoms with Crippen LogP contribution in [0, 0.1) is 6.92 Å². The number of hydrogen-bond acceptors (Lipinski definition) is 8. The Hall–Kier alpha value is -4.54. The van der Waals surface area contributed by atoms with Crippen LogP contribution < -0.4 is 29.7 Å². The van der Waals surface area contributed by atoms with Gasteiger partial charge in [-0.3, -0.25) is 19.3 Å². The van der Waals surface area contributed by atoms with Crippen LogP contribution in [0.2, 0.25) is 0 Å². The fourth-order valence-corrected chi connectivity index (χ4v) is 4.08. The highest BCUT2D eigenvalue weighted by Crippen LogP contribution is 2.36. The highest BCUT2D eigenvalue weighted by molar-refractivity contribution is 6.03. The maximum absolute atomic E-state index is 14.0. The second kappa shape index (κ2) is 13.7. The number of nitrogens with one attached hydrogen (secondary N) is 2. The molecule has 1 atom stereocenters. The van der Waals surface area contributed by atoms with Gasteiger partial charge in [0.15, 0.2) is 17.3 Å². The molecule has 41 heavy (non-hydrogen) atoms. The number of nitrogens with zero attached hydrogens (tertiary/aromatic N) is 2. The number of rotatable bonds is 13. The molecule has 1 aromatic heterocycles. The first-order valence-corrected chi connectivity index (χ1v) is 13.2. The van der Waals surface area contributed by atoms with Crippen molar-refractivity contribution in [1.29, 1.82) is 0 Å². The molecule has 2 N–H and O–H groups in total. The van der Waals surface area contributed by atoms with Gasteiger partial charge in [0.25, 0.3) is 0 Å². The monoisotopic (exact) mass is 566 g/mol. The van der Waals surface area contributed by atoms with Crippen LogP contribution in [0.4, 0.5) is 11.5 Å². The molecule has 2 aromatic carbocycles. The highest BCUT2D eigenvalue weighted by Gasteiger charge is 2.35. The molecule has 0 aliphatic carbocycles. The molecule has 3 aromatic rings. The first-order valence-electron chi connectivity index (χ1n) is 13.2. The molecule has 3 rings (SSSR count). The fraction of sp³-hybridized carbons (Fsp3) is 0.400. The number of ether oxygens (including phenoxy) is 3. The predicted molar refractivity (Wildman–Crippen MR) is 154 cm³/mol. The lowest BCUT2D eigenvalue weighted by Gasteiger charge is -2.35. The normalized spacial score (nSPS) is 11.8. The Kier molecular flexibility index (Phi) is 10.3. The van der Waals surface area contributed by atoms with Crippen LogP contribution in [0.15, 0.2) is 53.1 Å². The number of carbonyl (C=O) groups excluding carboxylic acids is 3. The number of aryl methyl sites for hydroxylation is 1. The van der Waals surface area contributed by atoms with Crippen LogP contribution in [0.1, 0.15) is 57.4 Å². The molecule has 0 aliphatic rings. The van der Waals surface area contributed by atoms with Crippen molar-refractivity contribution in [2.24, 2.45) is 0 Å². The molecule has 0 radical (unpaired) electrons. The van der Waals surface area contributed by atoms with Crippen LogP contribution in [0.5, 0.6) is 17.2 Å². The minimum Gasteiger partial charge on any atom is -0.497 e. The Morgan fingerprint density at radius 3 is 2.20 bits per heavy atom. The molecule has 0 saturated heterocycles. The first kappa shape index (κ1) is 31.0. The van der Waals surface area contributed by atoms with Crippen molar-refractivity contribution in [3.05, 3.63) is 59.9 Å². The average molecular weight is 567 g/mol. The minimum atomic E-state index is -1.07. The summed E-state index contributed by atoms with van der Waals surface area (Å²) in [4.78, 5) is 42.0. The summed E-state index contributed by atoms with van der Waals surface area (Å²) in [6.45, 7) is 7.50. The standard InChI is InChI=1S/C30H38N4O7/c1-8-30(3,4)32-29(37)28(20-9-12-22(38-5)13-10-20)34(21-11-14-23(39-6)24(18-21)40-7)27(36)16-15-26(35)31-25-17-19(2)41-33-25/h9-14,17-18,28H,8,15-16H2,1-7H3,(H,32,37)(H,31,33,35)/t28-/m1/s1. The molecule has 220 valence electrons. The van der Waals surface area contributed by atoms with Crippen LogP contribution in [0.3, 0.4) is 0 Å². The van der Waals surface area contributed by atoms with Crippen molar-refractivity contribution in [1.82, 2.24) is 10.5 Å². The van der Waals surface area contributed by atoms with Gasteiger partial charge in [0.1, 0.15) is 17.6 Å². The van der Waals surface area contributed by atoms with Crippen LogP contribution in [-0.2, 0) is 14.4 Å². The lowest BCUT2D eigenvalue weighted by molar-refractivity contribution is -0.128. The predicted octanol–water partition coefficient (Wildman–Crippen LogP) is 4.81. The summed E-state index contributed by atoms with van der Waals surface area (Å²) >= 11 is 0. The van der Waals surface area contributed by atoms with Gasteiger partial charge in [0.05, 0.1) is 21.3 Å². The molecule has 0 bridgehead atoms. The summed E-state index contributed by atoms with van der Waals surface area (Å²) in [7, 11) is 4.55. The van der Waals surface area contributed by atoms with Crippen LogP contribution in [-0.4, -0.2) is 49.7 Å². The molecule has 1 heterocycles. The van der Waals surface area contributed by atoms with Crippen molar-refractivity contribution in [2.75, 3.05) is 31.5 Å². The van der Waals surface area contributed by atoms with Gasteiger partial charge in [-0.1, -0.05) is 24.2 Å². The molecule has 0 fully saturated rings. The Morgan fingerprint density at radius 2 is 1.63 bits per heavy atom. The number of benzene rings is 2. The summed E-state index contributed by atoms with van der Waals surface area (Å²) < 4.78 is 21.2. The van der Waals surface area contributed by atoms with E-state index in [0.717, 1.165) is 0 Å². The van der Waals surface area contributed by atoms with Crippen molar-refractivity contribution in [3.8, 4) is 17.2 Å². The molecule has 11 heteroatoms. The molecule has 0 spiro atoms. The zero-order chi connectivity index (χ0) is 30.2. The van der Waals surface area contributed by atoms with Crippen molar-refractivity contribution in [2.45, 2.75) is 58.5 Å². The number of amides is 3. The average Bonchev–Trinajstić information content (AvgIpc) is 3.37. The summed E-state index contributed by atoms with van der Waals surface area (Å²) in [5, 5.41) is 9.45. The van der Waals surface area contributed by atoms with Crippen LogP contribution in [0.25, 0.3) is 0 Å². The lowest BCUT2D eigenvalue weighted by Crippen LogP contribution is -2.50. The van der Waals surface area contributed by atoms with Gasteiger partial charge < -0.3 is 29.4 Å². The van der Waals surface area contributed by atoms with Gasteiger partial charge in [-0.25, -0.2) is 0 Å². The third-order valence-corrected chi connectivity index (χ3v) is 6.66. The van der Waals surface area contributed by atoms with Gasteiger partial charge in [0.2, 0.25) is 17.7 Å². The lowest BCUT2D eigenvalue weighted by atomic mass is 9.97. The maximum Gasteiger partial charge on any atom is 0.248 e. The van der Waals surface area contributed by atoms with E-state index < -0.39 is 23.4 Å². The van der Waals surface area contributed by atoms with Gasteiger partial charge in [0, 0.05) is 36.2 Å². The smallest absolute Gasteiger partial charge is 0.248 e. The first-order chi connectivity index (χ1) is 19.5. The van der Waals surface area contributed by atoms with E-state index in [-0.39, 0.29) is 24.6 Å². The number of methoxy groups -OCH3 is 3. The Morgan fingerprint density at radius 1 is 0.951 bits per heavy atom. The quantitative estimate of drug-likeness (QED) is 0.301. The molecule has 0 unspecified atom stereocenters. The van der Waals surface area contributed by atoms with Gasteiger partial charge >= 0.3 is 0 Å². The minimum absolute atomic E-state index is 0.147. The van der Waals surface area contributed by atoms with E-state index in [1.54, 1.807) is 62.6 Å². The Labute approximate surface area is 240 Å². The zero-order valence-electron chi connectivity index (χ0n) is 24.6. The van der Waals surface area contributed by atoms with Gasteiger partial charge in [-0.15, -0.1) is 0 Å². The molecule has 11 nitrogen and oxygen atoms in total. The highest BCUT2D eigenvalue weighted by atomic mass is 16.5. The van der Waals surface area contributed by atoms with E-state index >= 15 is 0 Å².